The first-order chi connectivity index (χ1) is 8.22. The fourth-order valence-electron chi connectivity index (χ4n) is 1.55. The molecule has 2 rings (SSSR count). The van der Waals surface area contributed by atoms with E-state index in [0.29, 0.717) is 24.5 Å². The molecule has 1 saturated carbocycles. The summed E-state index contributed by atoms with van der Waals surface area (Å²) in [6.45, 7) is 6.45. The van der Waals surface area contributed by atoms with Gasteiger partial charge in [-0.15, -0.1) is 0 Å². The van der Waals surface area contributed by atoms with Gasteiger partial charge in [0.15, 0.2) is 0 Å². The monoisotopic (exact) mass is 237 g/mol. The Bertz CT molecular complexity index is 376. The molecule has 0 aliphatic heterocycles. The molecule has 6 heteroatoms. The number of anilines is 2. The maximum absolute atomic E-state index is 5.66. The van der Waals surface area contributed by atoms with E-state index in [1.165, 1.54) is 12.8 Å². The summed E-state index contributed by atoms with van der Waals surface area (Å²) in [6, 6.07) is 0.339. The van der Waals surface area contributed by atoms with Gasteiger partial charge in [-0.1, -0.05) is 0 Å². The van der Waals surface area contributed by atoms with Crippen molar-refractivity contribution < 1.29 is 4.74 Å². The zero-order chi connectivity index (χ0) is 12.3. The van der Waals surface area contributed by atoms with E-state index in [9.17, 15) is 0 Å². The highest BCUT2D eigenvalue weighted by atomic mass is 16.5. The van der Waals surface area contributed by atoms with Crippen LogP contribution in [0, 0.1) is 5.92 Å². The normalized spacial score (nSPS) is 14.7. The van der Waals surface area contributed by atoms with E-state index in [-0.39, 0.29) is 5.95 Å². The fraction of sp³-hybridized carbons (Fsp3) is 0.727. The van der Waals surface area contributed by atoms with Gasteiger partial charge < -0.3 is 15.4 Å². The molecule has 94 valence electrons. The fourth-order valence-corrected chi connectivity index (χ4v) is 1.55. The van der Waals surface area contributed by atoms with Gasteiger partial charge >= 0.3 is 6.01 Å². The van der Waals surface area contributed by atoms with Gasteiger partial charge in [0.05, 0.1) is 6.61 Å². The number of ether oxygens (including phenoxy) is 1. The molecule has 1 aromatic heterocycles. The molecular weight excluding hydrogens is 218 g/mol. The van der Waals surface area contributed by atoms with Crippen LogP contribution < -0.4 is 15.4 Å². The highest BCUT2D eigenvalue weighted by Crippen LogP contribution is 2.29. The van der Waals surface area contributed by atoms with Crippen molar-refractivity contribution in [2.75, 3.05) is 30.3 Å². The van der Waals surface area contributed by atoms with Gasteiger partial charge in [0.2, 0.25) is 11.9 Å². The molecule has 1 aliphatic rings. The molecule has 0 saturated heterocycles. The molecule has 6 nitrogen and oxygen atoms in total. The molecular formula is C11H19N5O. The van der Waals surface area contributed by atoms with Crippen molar-refractivity contribution in [3.8, 4) is 6.01 Å². The van der Waals surface area contributed by atoms with Crippen molar-refractivity contribution in [3.63, 3.8) is 0 Å². The van der Waals surface area contributed by atoms with Crippen LogP contribution in [-0.4, -0.2) is 34.6 Å². The maximum Gasteiger partial charge on any atom is 0.323 e. The summed E-state index contributed by atoms with van der Waals surface area (Å²) in [4.78, 5) is 14.4. The molecule has 0 aromatic carbocycles. The molecule has 1 fully saturated rings. The predicted octanol–water partition coefficient (Wildman–Crippen LogP) is 1.09. The third-order valence-corrected chi connectivity index (χ3v) is 2.81. The van der Waals surface area contributed by atoms with E-state index in [1.54, 1.807) is 0 Å². The highest BCUT2D eigenvalue weighted by Gasteiger charge is 2.22. The van der Waals surface area contributed by atoms with Crippen LogP contribution in [0.15, 0.2) is 0 Å². The van der Waals surface area contributed by atoms with Crippen LogP contribution in [0.2, 0.25) is 0 Å². The minimum absolute atomic E-state index is 0.215. The second kappa shape index (κ2) is 5.16. The van der Waals surface area contributed by atoms with Crippen LogP contribution >= 0.6 is 0 Å². The number of rotatable bonds is 6. The zero-order valence-corrected chi connectivity index (χ0v) is 10.4. The largest absolute Gasteiger partial charge is 0.463 e. The molecule has 0 unspecified atom stereocenters. The Morgan fingerprint density at radius 1 is 1.24 bits per heavy atom. The van der Waals surface area contributed by atoms with E-state index < -0.39 is 0 Å². The number of hydrogen-bond acceptors (Lipinski definition) is 6. The summed E-state index contributed by atoms with van der Waals surface area (Å²) in [6.07, 6.45) is 2.48. The van der Waals surface area contributed by atoms with E-state index in [2.05, 4.69) is 15.0 Å². The minimum Gasteiger partial charge on any atom is -0.463 e. The van der Waals surface area contributed by atoms with Gasteiger partial charge in [0, 0.05) is 13.1 Å². The number of hydrogen-bond donors (Lipinski definition) is 1. The Kier molecular flexibility index (Phi) is 3.61. The van der Waals surface area contributed by atoms with Crippen molar-refractivity contribution in [3.05, 3.63) is 0 Å². The number of nitrogens with zero attached hydrogens (tertiary/aromatic N) is 4. The average Bonchev–Trinajstić information content (AvgIpc) is 3.11. The molecule has 1 heterocycles. The summed E-state index contributed by atoms with van der Waals surface area (Å²) >= 11 is 0. The van der Waals surface area contributed by atoms with Crippen LogP contribution in [0.4, 0.5) is 11.9 Å². The molecule has 0 radical (unpaired) electrons. The summed E-state index contributed by atoms with van der Waals surface area (Å²) in [5.74, 6) is 1.48. The van der Waals surface area contributed by atoms with Crippen LogP contribution in [0.1, 0.15) is 26.7 Å². The lowest BCUT2D eigenvalue weighted by Crippen LogP contribution is -2.25. The van der Waals surface area contributed by atoms with Crippen molar-refractivity contribution in [1.82, 2.24) is 15.0 Å². The van der Waals surface area contributed by atoms with Gasteiger partial charge in [0.25, 0.3) is 0 Å². The van der Waals surface area contributed by atoms with Crippen molar-refractivity contribution in [2.24, 2.45) is 5.92 Å². The van der Waals surface area contributed by atoms with Gasteiger partial charge in [-0.25, -0.2) is 0 Å². The van der Waals surface area contributed by atoms with Gasteiger partial charge in [0.1, 0.15) is 0 Å². The highest BCUT2D eigenvalue weighted by molar-refractivity contribution is 5.35. The topological polar surface area (TPSA) is 77.2 Å². The molecule has 0 amide bonds. The Hall–Kier alpha value is -1.59. The molecule has 0 bridgehead atoms. The SMILES string of the molecule is CCN(CC)c1nc(N)nc(OCC2CC2)n1. The Morgan fingerprint density at radius 3 is 2.53 bits per heavy atom. The van der Waals surface area contributed by atoms with Crippen LogP contribution in [-0.2, 0) is 0 Å². The average molecular weight is 237 g/mol. The molecule has 2 N–H and O–H groups in total. The third kappa shape index (κ3) is 3.18. The molecule has 0 atom stereocenters. The lowest BCUT2D eigenvalue weighted by Gasteiger charge is -2.18. The number of nitrogen functional groups attached to an aromatic ring is 1. The zero-order valence-electron chi connectivity index (χ0n) is 10.4. The number of aromatic nitrogens is 3. The second-order valence-electron chi connectivity index (χ2n) is 4.20. The minimum atomic E-state index is 0.215. The predicted molar refractivity (Wildman–Crippen MR) is 66.0 cm³/mol. The maximum atomic E-state index is 5.66. The first-order valence-electron chi connectivity index (χ1n) is 6.12. The summed E-state index contributed by atoms with van der Waals surface area (Å²) in [5.41, 5.74) is 5.66. The quantitative estimate of drug-likeness (QED) is 0.798. The van der Waals surface area contributed by atoms with Gasteiger partial charge in [-0.05, 0) is 32.6 Å². The molecule has 1 aliphatic carbocycles. The van der Waals surface area contributed by atoms with Crippen molar-refractivity contribution in [2.45, 2.75) is 26.7 Å². The summed E-state index contributed by atoms with van der Waals surface area (Å²) < 4.78 is 5.52. The molecule has 1 aromatic rings. The van der Waals surface area contributed by atoms with Crippen molar-refractivity contribution >= 4 is 11.9 Å². The van der Waals surface area contributed by atoms with E-state index in [0.717, 1.165) is 13.1 Å². The van der Waals surface area contributed by atoms with Gasteiger partial charge in [-0.2, -0.15) is 15.0 Å². The summed E-state index contributed by atoms with van der Waals surface area (Å²) in [5, 5.41) is 0. The summed E-state index contributed by atoms with van der Waals surface area (Å²) in [7, 11) is 0. The lowest BCUT2D eigenvalue weighted by molar-refractivity contribution is 0.276. The Labute approximate surface area is 101 Å². The Morgan fingerprint density at radius 2 is 1.94 bits per heavy atom. The van der Waals surface area contributed by atoms with Gasteiger partial charge in [-0.3, -0.25) is 0 Å². The lowest BCUT2D eigenvalue weighted by atomic mass is 10.5. The molecule has 17 heavy (non-hydrogen) atoms. The standard InChI is InChI=1S/C11H19N5O/c1-3-16(4-2)10-13-9(12)14-11(15-10)17-7-8-5-6-8/h8H,3-7H2,1-2H3,(H2,12,13,14,15). The molecule has 0 spiro atoms. The van der Waals surface area contributed by atoms with E-state index >= 15 is 0 Å². The first kappa shape index (κ1) is 11.9. The van der Waals surface area contributed by atoms with Crippen molar-refractivity contribution in [1.29, 1.82) is 0 Å². The Balaban J connectivity index is 2.09. The second-order valence-corrected chi connectivity index (χ2v) is 4.20. The third-order valence-electron chi connectivity index (χ3n) is 2.81. The van der Waals surface area contributed by atoms with E-state index in [4.69, 9.17) is 10.5 Å². The van der Waals surface area contributed by atoms with Crippen LogP contribution in [0.5, 0.6) is 6.01 Å². The van der Waals surface area contributed by atoms with Crippen LogP contribution in [0.3, 0.4) is 0 Å². The first-order valence-corrected chi connectivity index (χ1v) is 6.12. The van der Waals surface area contributed by atoms with E-state index in [1.807, 2.05) is 18.7 Å². The number of nitrogens with two attached hydrogens (primary N) is 1. The van der Waals surface area contributed by atoms with Crippen LogP contribution in [0.25, 0.3) is 0 Å². The smallest absolute Gasteiger partial charge is 0.323 e.